The molecule has 146 valence electrons. The van der Waals surface area contributed by atoms with Gasteiger partial charge in [0.25, 0.3) is 0 Å². The van der Waals surface area contributed by atoms with Crippen LogP contribution in [0, 0.1) is 0 Å². The third kappa shape index (κ3) is 3.34. The van der Waals surface area contributed by atoms with Crippen molar-refractivity contribution in [3.05, 3.63) is 118 Å². The Morgan fingerprint density at radius 1 is 0.862 bits per heavy atom. The average Bonchev–Trinajstić information content (AvgIpc) is 2.76. The maximum absolute atomic E-state index is 7.11. The molecule has 1 aliphatic rings. The number of allylic oxidation sites excluding steroid dienone is 3. The van der Waals surface area contributed by atoms with Gasteiger partial charge in [-0.15, -0.1) is 0 Å². The highest BCUT2D eigenvalue weighted by molar-refractivity contribution is 9.09. The molecule has 0 N–H and O–H groups in total. The van der Waals surface area contributed by atoms with Gasteiger partial charge < -0.3 is 4.74 Å². The molecule has 0 saturated carbocycles. The molecule has 2 atom stereocenters. The van der Waals surface area contributed by atoms with Crippen LogP contribution in [0.3, 0.4) is 0 Å². The molecular formula is C25H19BrCl2O. The summed E-state index contributed by atoms with van der Waals surface area (Å²) in [4.78, 5) is -0.0928. The van der Waals surface area contributed by atoms with Gasteiger partial charge in [0.15, 0.2) is 0 Å². The molecule has 0 saturated heterocycles. The lowest BCUT2D eigenvalue weighted by atomic mass is 9.67. The summed E-state index contributed by atoms with van der Waals surface area (Å²) < 4.78 is 5.63. The number of methoxy groups -OCH3 is 1. The molecule has 0 bridgehead atoms. The normalized spacial score (nSPS) is 21.3. The molecule has 0 radical (unpaired) electrons. The second-order valence-electron chi connectivity index (χ2n) is 6.85. The quantitative estimate of drug-likeness (QED) is 0.343. The summed E-state index contributed by atoms with van der Waals surface area (Å²) in [6, 6.07) is 26.4. The van der Waals surface area contributed by atoms with E-state index in [4.69, 9.17) is 27.9 Å². The van der Waals surface area contributed by atoms with Gasteiger partial charge in [-0.25, -0.2) is 0 Å². The standard InChI is InChI=1S/C25H19BrCl2O/c1-29-21-15-16-22(26)25(24(21)28,18-11-6-3-7-12-18)19-13-8-14-20(27)23(19)17-9-4-2-5-10-17/h2-16,22H,1H3/t22?,25-/m1/s1. The van der Waals surface area contributed by atoms with Crippen molar-refractivity contribution in [2.24, 2.45) is 0 Å². The minimum atomic E-state index is -0.695. The second-order valence-corrected chi connectivity index (χ2v) is 8.62. The van der Waals surface area contributed by atoms with Gasteiger partial charge in [0.05, 0.1) is 22.4 Å². The van der Waals surface area contributed by atoms with E-state index in [1.54, 1.807) is 7.11 Å². The van der Waals surface area contributed by atoms with Gasteiger partial charge in [0, 0.05) is 10.6 Å². The Bertz CT molecular complexity index is 1080. The predicted molar refractivity (Wildman–Crippen MR) is 126 cm³/mol. The molecule has 0 aliphatic heterocycles. The van der Waals surface area contributed by atoms with Crippen LogP contribution in [0.2, 0.25) is 5.02 Å². The van der Waals surface area contributed by atoms with Crippen molar-refractivity contribution >= 4 is 39.1 Å². The second kappa shape index (κ2) is 8.39. The number of rotatable bonds is 4. The van der Waals surface area contributed by atoms with Crippen LogP contribution < -0.4 is 0 Å². The molecule has 0 spiro atoms. The predicted octanol–water partition coefficient (Wildman–Crippen LogP) is 7.72. The zero-order valence-corrected chi connectivity index (χ0v) is 18.9. The lowest BCUT2D eigenvalue weighted by Gasteiger charge is -2.41. The SMILES string of the molecule is COC1=C(Cl)[C@](c2ccccc2)(c2cccc(Cl)c2-c2ccccc2)C(Br)C=C1. The zero-order valence-electron chi connectivity index (χ0n) is 15.8. The Morgan fingerprint density at radius 2 is 1.52 bits per heavy atom. The van der Waals surface area contributed by atoms with E-state index in [-0.39, 0.29) is 4.83 Å². The fourth-order valence-corrected chi connectivity index (χ4v) is 5.80. The lowest BCUT2D eigenvalue weighted by molar-refractivity contribution is 0.297. The first-order chi connectivity index (χ1) is 14.1. The number of halogens is 3. The Kier molecular flexibility index (Phi) is 5.87. The fourth-order valence-electron chi connectivity index (χ4n) is 4.02. The summed E-state index contributed by atoms with van der Waals surface area (Å²) in [5.41, 5.74) is 3.39. The summed E-state index contributed by atoms with van der Waals surface area (Å²) in [5, 5.41) is 1.30. The van der Waals surface area contributed by atoms with Gasteiger partial charge in [-0.05, 0) is 28.8 Å². The molecule has 1 unspecified atom stereocenters. The van der Waals surface area contributed by atoms with Crippen LogP contribution in [0.25, 0.3) is 11.1 Å². The number of hydrogen-bond acceptors (Lipinski definition) is 1. The third-order valence-electron chi connectivity index (χ3n) is 5.34. The van der Waals surface area contributed by atoms with E-state index in [1.807, 2.05) is 54.6 Å². The summed E-state index contributed by atoms with van der Waals surface area (Å²) in [6.45, 7) is 0. The molecule has 3 aromatic carbocycles. The average molecular weight is 486 g/mol. The van der Waals surface area contributed by atoms with Gasteiger partial charge in [-0.3, -0.25) is 0 Å². The summed E-state index contributed by atoms with van der Waals surface area (Å²) in [5.74, 6) is 0.644. The van der Waals surface area contributed by atoms with E-state index in [0.717, 1.165) is 22.3 Å². The highest BCUT2D eigenvalue weighted by atomic mass is 79.9. The van der Waals surface area contributed by atoms with Crippen LogP contribution in [0.15, 0.2) is 102 Å². The van der Waals surface area contributed by atoms with E-state index in [9.17, 15) is 0 Å². The smallest absolute Gasteiger partial charge is 0.134 e. The first-order valence-electron chi connectivity index (χ1n) is 9.27. The van der Waals surface area contributed by atoms with Crippen LogP contribution in [0.1, 0.15) is 11.1 Å². The Hall–Kier alpha value is -2.00. The maximum Gasteiger partial charge on any atom is 0.134 e. The monoisotopic (exact) mass is 484 g/mol. The van der Waals surface area contributed by atoms with E-state index in [0.29, 0.717) is 15.8 Å². The summed E-state index contributed by atoms with van der Waals surface area (Å²) in [7, 11) is 1.64. The van der Waals surface area contributed by atoms with Crippen LogP contribution in [-0.2, 0) is 10.2 Å². The molecule has 1 nitrogen and oxygen atoms in total. The molecule has 4 heteroatoms. The minimum absolute atomic E-state index is 0.0928. The molecule has 0 heterocycles. The van der Waals surface area contributed by atoms with Crippen molar-refractivity contribution in [1.29, 1.82) is 0 Å². The summed E-state index contributed by atoms with van der Waals surface area (Å²) >= 11 is 17.8. The van der Waals surface area contributed by atoms with Crippen LogP contribution in [0.4, 0.5) is 0 Å². The molecule has 29 heavy (non-hydrogen) atoms. The van der Waals surface area contributed by atoms with Crippen LogP contribution in [-0.4, -0.2) is 11.9 Å². The molecule has 0 aromatic heterocycles. The van der Waals surface area contributed by atoms with E-state index >= 15 is 0 Å². The number of alkyl halides is 1. The summed E-state index contributed by atoms with van der Waals surface area (Å²) in [6.07, 6.45) is 3.99. The molecular weight excluding hydrogens is 467 g/mol. The van der Waals surface area contributed by atoms with Crippen LogP contribution in [0.5, 0.6) is 0 Å². The minimum Gasteiger partial charge on any atom is -0.496 e. The van der Waals surface area contributed by atoms with Crippen LogP contribution >= 0.6 is 39.1 Å². The van der Waals surface area contributed by atoms with Gasteiger partial charge in [0.1, 0.15) is 5.76 Å². The van der Waals surface area contributed by atoms with E-state index < -0.39 is 5.41 Å². The van der Waals surface area contributed by atoms with Crippen molar-refractivity contribution in [3.8, 4) is 11.1 Å². The highest BCUT2D eigenvalue weighted by Crippen LogP contribution is 2.54. The molecule has 0 fully saturated rings. The largest absolute Gasteiger partial charge is 0.496 e. The van der Waals surface area contributed by atoms with Crippen molar-refractivity contribution in [3.63, 3.8) is 0 Å². The molecule has 4 rings (SSSR count). The highest BCUT2D eigenvalue weighted by Gasteiger charge is 2.48. The first-order valence-corrected chi connectivity index (χ1v) is 10.9. The van der Waals surface area contributed by atoms with Crippen molar-refractivity contribution in [1.82, 2.24) is 0 Å². The Balaban J connectivity index is 2.13. The molecule has 0 amide bonds. The number of ether oxygens (including phenoxy) is 1. The maximum atomic E-state index is 7.11. The third-order valence-corrected chi connectivity index (χ3v) is 7.13. The van der Waals surface area contributed by atoms with Crippen molar-refractivity contribution < 1.29 is 4.74 Å². The number of hydrogen-bond donors (Lipinski definition) is 0. The Morgan fingerprint density at radius 3 is 2.17 bits per heavy atom. The lowest BCUT2D eigenvalue weighted by Crippen LogP contribution is -2.40. The Labute approximate surface area is 189 Å². The van der Waals surface area contributed by atoms with Gasteiger partial charge in [0.2, 0.25) is 0 Å². The molecule has 3 aromatic rings. The van der Waals surface area contributed by atoms with Crippen molar-refractivity contribution in [2.75, 3.05) is 7.11 Å². The van der Waals surface area contributed by atoms with Gasteiger partial charge in [-0.2, -0.15) is 0 Å². The number of benzene rings is 3. The first kappa shape index (κ1) is 20.3. The van der Waals surface area contributed by atoms with Gasteiger partial charge in [-0.1, -0.05) is 118 Å². The molecule has 1 aliphatic carbocycles. The zero-order chi connectivity index (χ0) is 20.4. The van der Waals surface area contributed by atoms with E-state index in [2.05, 4.69) is 52.3 Å². The topological polar surface area (TPSA) is 9.23 Å². The van der Waals surface area contributed by atoms with Crippen molar-refractivity contribution in [2.45, 2.75) is 10.2 Å². The van der Waals surface area contributed by atoms with E-state index in [1.165, 1.54) is 0 Å². The van der Waals surface area contributed by atoms with Gasteiger partial charge >= 0.3 is 0 Å². The fraction of sp³-hybridized carbons (Fsp3) is 0.120.